The molecule has 0 bridgehead atoms. The molecular weight excluding hydrogens is 444 g/mol. The smallest absolute Gasteiger partial charge is 0.250 e. The molecule has 2 aromatic rings. The summed E-state index contributed by atoms with van der Waals surface area (Å²) in [6.45, 7) is 1.78. The quantitative estimate of drug-likeness (QED) is 0.254. The van der Waals surface area contributed by atoms with E-state index in [4.69, 9.17) is 5.21 Å². The third-order valence-electron chi connectivity index (χ3n) is 3.77. The monoisotopic (exact) mass is 461 g/mol. The summed E-state index contributed by atoms with van der Waals surface area (Å²) in [6.07, 6.45) is 1.95. The molecule has 1 heterocycles. The van der Waals surface area contributed by atoms with Gasteiger partial charge in [-0.1, -0.05) is 32.2 Å². The van der Waals surface area contributed by atoms with Crippen LogP contribution in [0.1, 0.15) is 19.0 Å². The van der Waals surface area contributed by atoms with E-state index in [1.807, 2.05) is 24.3 Å². The number of hydrogen-bond acceptors (Lipinski definition) is 7. The zero-order valence-corrected chi connectivity index (χ0v) is 17.1. The van der Waals surface area contributed by atoms with Gasteiger partial charge in [0.25, 0.3) is 0 Å². The van der Waals surface area contributed by atoms with Gasteiger partial charge in [0.15, 0.2) is 0 Å². The van der Waals surface area contributed by atoms with Crippen LogP contribution in [0.4, 0.5) is 0 Å². The third kappa shape index (κ3) is 6.16. The molecule has 11 heteroatoms. The highest BCUT2D eigenvalue weighted by molar-refractivity contribution is 9.10. The number of hydroxylamine groups is 1. The van der Waals surface area contributed by atoms with Gasteiger partial charge in [-0.05, 0) is 37.6 Å². The SMILES string of the molecule is CC(CCn1cc(CSc2ccc(Br)cc2)nn1)(CS(=O)[O-])C(=O)NO. The summed E-state index contributed by atoms with van der Waals surface area (Å²) in [5.41, 5.74) is 1.06. The molecule has 26 heavy (non-hydrogen) atoms. The summed E-state index contributed by atoms with van der Waals surface area (Å²) in [5.74, 6) is -0.492. The second-order valence-corrected chi connectivity index (χ2v) is 8.78. The Hall–Kier alpha value is -1.27. The van der Waals surface area contributed by atoms with E-state index in [9.17, 15) is 13.6 Å². The van der Waals surface area contributed by atoms with Crippen molar-refractivity contribution in [2.24, 2.45) is 5.41 Å². The van der Waals surface area contributed by atoms with Gasteiger partial charge in [-0.3, -0.25) is 18.9 Å². The largest absolute Gasteiger partial charge is 0.772 e. The number of carbonyl (C=O) groups excluding carboxylic acids is 1. The lowest BCUT2D eigenvalue weighted by Crippen LogP contribution is -2.42. The van der Waals surface area contributed by atoms with Crippen LogP contribution in [-0.2, 0) is 28.2 Å². The average Bonchev–Trinajstić information content (AvgIpc) is 3.06. The number of nitrogens with one attached hydrogen (secondary N) is 1. The van der Waals surface area contributed by atoms with Crippen LogP contribution in [-0.4, -0.2) is 40.6 Å². The van der Waals surface area contributed by atoms with Crippen molar-refractivity contribution in [2.45, 2.75) is 30.5 Å². The van der Waals surface area contributed by atoms with Crippen molar-refractivity contribution in [1.29, 1.82) is 0 Å². The van der Waals surface area contributed by atoms with Gasteiger partial charge in [0, 0.05) is 33.6 Å². The van der Waals surface area contributed by atoms with E-state index in [0.717, 1.165) is 15.1 Å². The first-order valence-corrected chi connectivity index (χ1v) is 10.6. The van der Waals surface area contributed by atoms with Crippen molar-refractivity contribution in [3.63, 3.8) is 0 Å². The maximum Gasteiger partial charge on any atom is 0.250 e. The summed E-state index contributed by atoms with van der Waals surface area (Å²) in [6, 6.07) is 7.93. The molecule has 2 N–H and O–H groups in total. The predicted octanol–water partition coefficient (Wildman–Crippen LogP) is 2.11. The standard InChI is InChI=1S/C15H19BrN4O4S2/c1-15(10-26(23)24,14(21)18-22)6-7-20-8-12(17-19-20)9-25-13-4-2-11(16)3-5-13/h2-5,8,22H,6-7,9-10H2,1H3,(H,18,21)(H,23,24)/p-1. The first-order valence-electron chi connectivity index (χ1n) is 7.60. The fourth-order valence-corrected chi connectivity index (χ4v) is 4.05. The van der Waals surface area contributed by atoms with Crippen molar-refractivity contribution >= 4 is 44.7 Å². The van der Waals surface area contributed by atoms with Gasteiger partial charge in [-0.25, -0.2) is 5.48 Å². The Kier molecular flexibility index (Phi) is 7.77. The Bertz CT molecular complexity index is 771. The molecule has 0 saturated heterocycles. The number of rotatable bonds is 9. The Balaban J connectivity index is 1.93. The fraction of sp³-hybridized carbons (Fsp3) is 0.400. The minimum atomic E-state index is -2.41. The van der Waals surface area contributed by atoms with Crippen LogP contribution in [0, 0.1) is 5.41 Å². The number of amides is 1. The maximum absolute atomic E-state index is 11.8. The Morgan fingerprint density at radius 2 is 2.15 bits per heavy atom. The molecule has 8 nitrogen and oxygen atoms in total. The van der Waals surface area contributed by atoms with E-state index in [2.05, 4.69) is 26.2 Å². The summed E-state index contributed by atoms with van der Waals surface area (Å²) >= 11 is 2.60. The van der Waals surface area contributed by atoms with Crippen LogP contribution in [0.2, 0.25) is 0 Å². The van der Waals surface area contributed by atoms with E-state index in [1.165, 1.54) is 12.4 Å². The molecule has 0 spiro atoms. The molecule has 142 valence electrons. The summed E-state index contributed by atoms with van der Waals surface area (Å²) < 4.78 is 24.6. The molecule has 0 aliphatic carbocycles. The number of hydrogen-bond donors (Lipinski definition) is 2. The van der Waals surface area contributed by atoms with E-state index in [0.29, 0.717) is 12.3 Å². The van der Waals surface area contributed by atoms with E-state index in [1.54, 1.807) is 22.6 Å². The summed E-state index contributed by atoms with van der Waals surface area (Å²) in [4.78, 5) is 12.9. The molecule has 0 aliphatic rings. The second-order valence-electron chi connectivity index (χ2n) is 5.92. The molecule has 1 aromatic heterocycles. The van der Waals surface area contributed by atoms with Crippen molar-refractivity contribution in [2.75, 3.05) is 5.75 Å². The van der Waals surface area contributed by atoms with Crippen molar-refractivity contribution in [3.8, 4) is 0 Å². The van der Waals surface area contributed by atoms with Gasteiger partial charge in [-0.15, -0.1) is 16.9 Å². The van der Waals surface area contributed by atoms with Gasteiger partial charge in [-0.2, -0.15) is 0 Å². The Labute approximate surface area is 166 Å². The number of halogens is 1. The average molecular weight is 462 g/mol. The lowest BCUT2D eigenvalue weighted by Gasteiger charge is -2.27. The highest BCUT2D eigenvalue weighted by Crippen LogP contribution is 2.25. The second kappa shape index (κ2) is 9.60. The molecule has 0 aliphatic heterocycles. The minimum Gasteiger partial charge on any atom is -0.772 e. The number of aromatic nitrogens is 3. The molecular formula is C15H18BrN4O4S2-. The predicted molar refractivity (Wildman–Crippen MR) is 100 cm³/mol. The number of thioether (sulfide) groups is 1. The normalized spacial score (nSPS) is 14.6. The van der Waals surface area contributed by atoms with Gasteiger partial charge < -0.3 is 4.55 Å². The van der Waals surface area contributed by atoms with Gasteiger partial charge >= 0.3 is 0 Å². The third-order valence-corrected chi connectivity index (χ3v) is 6.21. The van der Waals surface area contributed by atoms with Gasteiger partial charge in [0.05, 0.1) is 11.1 Å². The number of aryl methyl sites for hydroxylation is 1. The Morgan fingerprint density at radius 1 is 1.46 bits per heavy atom. The highest BCUT2D eigenvalue weighted by atomic mass is 79.9. The zero-order valence-electron chi connectivity index (χ0n) is 13.9. The topological polar surface area (TPSA) is 120 Å². The van der Waals surface area contributed by atoms with Crippen molar-refractivity contribution in [3.05, 3.63) is 40.6 Å². The summed E-state index contributed by atoms with van der Waals surface area (Å²) in [7, 11) is 0. The van der Waals surface area contributed by atoms with Crippen LogP contribution >= 0.6 is 27.7 Å². The van der Waals surface area contributed by atoms with Crippen molar-refractivity contribution < 1.29 is 18.8 Å². The van der Waals surface area contributed by atoms with Crippen LogP contribution in [0.15, 0.2) is 39.8 Å². The summed E-state index contributed by atoms with van der Waals surface area (Å²) in [5, 5.41) is 16.9. The van der Waals surface area contributed by atoms with E-state index >= 15 is 0 Å². The number of nitrogens with zero attached hydrogens (tertiary/aromatic N) is 3. The maximum atomic E-state index is 11.8. The lowest BCUT2D eigenvalue weighted by molar-refractivity contribution is -0.138. The molecule has 0 saturated carbocycles. The highest BCUT2D eigenvalue weighted by Gasteiger charge is 2.33. The van der Waals surface area contributed by atoms with Crippen LogP contribution in [0.25, 0.3) is 0 Å². The van der Waals surface area contributed by atoms with Crippen LogP contribution in [0.3, 0.4) is 0 Å². The van der Waals surface area contributed by atoms with Crippen LogP contribution in [0.5, 0.6) is 0 Å². The van der Waals surface area contributed by atoms with E-state index < -0.39 is 22.4 Å². The number of benzene rings is 1. The van der Waals surface area contributed by atoms with Gasteiger partial charge in [0.2, 0.25) is 5.91 Å². The lowest BCUT2D eigenvalue weighted by atomic mass is 9.88. The van der Waals surface area contributed by atoms with Crippen molar-refractivity contribution in [1.82, 2.24) is 20.5 Å². The Morgan fingerprint density at radius 3 is 2.77 bits per heavy atom. The molecule has 0 fully saturated rings. The van der Waals surface area contributed by atoms with E-state index in [-0.39, 0.29) is 12.2 Å². The first-order chi connectivity index (χ1) is 12.3. The molecule has 0 radical (unpaired) electrons. The zero-order chi connectivity index (χ0) is 19.2. The minimum absolute atomic E-state index is 0.191. The molecule has 1 amide bonds. The molecule has 2 rings (SSSR count). The van der Waals surface area contributed by atoms with Gasteiger partial charge in [0.1, 0.15) is 0 Å². The molecule has 1 aromatic carbocycles. The number of carbonyl (C=O) groups is 1. The first kappa shape index (κ1) is 21.0. The molecule has 2 atom stereocenters. The molecule has 2 unspecified atom stereocenters. The van der Waals surface area contributed by atoms with Crippen LogP contribution < -0.4 is 5.48 Å². The fourth-order valence-electron chi connectivity index (χ4n) is 2.21.